The standard InChI is InChI=1S/C13H21BrClN5/c1-4-20(5-2)13-17-11(10(14)12(15)18-13)9-8-16-6-7-19(9)3/h9,16H,4-8H2,1-3H3. The van der Waals surface area contributed by atoms with Crippen LogP contribution < -0.4 is 10.2 Å². The lowest BCUT2D eigenvalue weighted by molar-refractivity contribution is 0.197. The zero-order valence-corrected chi connectivity index (χ0v) is 14.5. The Kier molecular flexibility index (Phi) is 5.60. The Morgan fingerprint density at radius 2 is 2.10 bits per heavy atom. The summed E-state index contributed by atoms with van der Waals surface area (Å²) in [6, 6.07) is 0.216. The molecule has 1 N–H and O–H groups in total. The monoisotopic (exact) mass is 361 g/mol. The van der Waals surface area contributed by atoms with E-state index in [1.165, 1.54) is 0 Å². The van der Waals surface area contributed by atoms with Crippen LogP contribution in [0.5, 0.6) is 0 Å². The molecule has 1 aliphatic heterocycles. The van der Waals surface area contributed by atoms with E-state index >= 15 is 0 Å². The molecule has 0 saturated carbocycles. The minimum Gasteiger partial charge on any atom is -0.341 e. The maximum Gasteiger partial charge on any atom is 0.227 e. The molecule has 1 aromatic heterocycles. The summed E-state index contributed by atoms with van der Waals surface area (Å²) in [4.78, 5) is 13.5. The zero-order valence-electron chi connectivity index (χ0n) is 12.2. The topological polar surface area (TPSA) is 44.3 Å². The average Bonchev–Trinajstić information content (AvgIpc) is 2.44. The van der Waals surface area contributed by atoms with Crippen LogP contribution in [-0.4, -0.2) is 54.6 Å². The third-order valence-electron chi connectivity index (χ3n) is 3.70. The van der Waals surface area contributed by atoms with Gasteiger partial charge in [-0.15, -0.1) is 0 Å². The molecule has 1 fully saturated rings. The van der Waals surface area contributed by atoms with Crippen LogP contribution in [0.2, 0.25) is 5.15 Å². The molecular formula is C13H21BrClN5. The minimum absolute atomic E-state index is 0.216. The van der Waals surface area contributed by atoms with Gasteiger partial charge in [-0.25, -0.2) is 4.98 Å². The minimum atomic E-state index is 0.216. The molecule has 2 rings (SSSR count). The molecule has 0 amide bonds. The number of likely N-dealkylation sites (N-methyl/N-ethyl adjacent to an activating group) is 1. The van der Waals surface area contributed by atoms with Gasteiger partial charge in [0.05, 0.1) is 16.2 Å². The first-order chi connectivity index (χ1) is 9.58. The fraction of sp³-hybridized carbons (Fsp3) is 0.692. The van der Waals surface area contributed by atoms with Gasteiger partial charge in [0, 0.05) is 32.7 Å². The van der Waals surface area contributed by atoms with Crippen molar-refractivity contribution in [2.75, 3.05) is 44.7 Å². The van der Waals surface area contributed by atoms with Crippen LogP contribution >= 0.6 is 27.5 Å². The van der Waals surface area contributed by atoms with Crippen molar-refractivity contribution in [3.63, 3.8) is 0 Å². The van der Waals surface area contributed by atoms with Crippen molar-refractivity contribution in [2.45, 2.75) is 19.9 Å². The van der Waals surface area contributed by atoms with Crippen molar-refractivity contribution in [1.29, 1.82) is 0 Å². The van der Waals surface area contributed by atoms with E-state index in [1.54, 1.807) is 0 Å². The summed E-state index contributed by atoms with van der Waals surface area (Å²) in [5, 5.41) is 3.89. The van der Waals surface area contributed by atoms with Crippen LogP contribution in [0.4, 0.5) is 5.95 Å². The number of anilines is 1. The van der Waals surface area contributed by atoms with Gasteiger partial charge in [0.2, 0.25) is 5.95 Å². The lowest BCUT2D eigenvalue weighted by Gasteiger charge is -2.33. The molecule has 7 heteroatoms. The molecule has 0 spiro atoms. The highest BCUT2D eigenvalue weighted by atomic mass is 79.9. The zero-order chi connectivity index (χ0) is 14.7. The normalized spacial score (nSPS) is 20.1. The second-order valence-electron chi connectivity index (χ2n) is 4.89. The fourth-order valence-electron chi connectivity index (χ4n) is 2.40. The van der Waals surface area contributed by atoms with Crippen LogP contribution in [0.1, 0.15) is 25.6 Å². The van der Waals surface area contributed by atoms with Crippen molar-refractivity contribution in [3.8, 4) is 0 Å². The molecule has 1 aromatic rings. The highest BCUT2D eigenvalue weighted by molar-refractivity contribution is 9.10. The van der Waals surface area contributed by atoms with Gasteiger partial charge in [-0.3, -0.25) is 4.90 Å². The summed E-state index contributed by atoms with van der Waals surface area (Å²) in [5.41, 5.74) is 0.960. The predicted molar refractivity (Wildman–Crippen MR) is 86.5 cm³/mol. The van der Waals surface area contributed by atoms with Gasteiger partial charge in [0.1, 0.15) is 5.15 Å². The molecule has 1 aliphatic rings. The van der Waals surface area contributed by atoms with Gasteiger partial charge in [-0.1, -0.05) is 11.6 Å². The van der Waals surface area contributed by atoms with Gasteiger partial charge in [0.15, 0.2) is 0 Å². The van der Waals surface area contributed by atoms with Crippen LogP contribution in [0.25, 0.3) is 0 Å². The molecule has 2 heterocycles. The summed E-state index contributed by atoms with van der Waals surface area (Å²) in [5.74, 6) is 0.706. The molecule has 112 valence electrons. The molecule has 0 radical (unpaired) electrons. The Bertz CT molecular complexity index is 466. The number of rotatable bonds is 4. The fourth-order valence-corrected chi connectivity index (χ4v) is 3.02. The van der Waals surface area contributed by atoms with Crippen LogP contribution in [0.3, 0.4) is 0 Å². The lowest BCUT2D eigenvalue weighted by Crippen LogP contribution is -2.44. The van der Waals surface area contributed by atoms with Gasteiger partial charge in [0.25, 0.3) is 0 Å². The highest BCUT2D eigenvalue weighted by Gasteiger charge is 2.26. The first-order valence-corrected chi connectivity index (χ1v) is 8.14. The SMILES string of the molecule is CCN(CC)c1nc(Cl)c(Br)c(C2CNCCN2C)n1. The van der Waals surface area contributed by atoms with Crippen molar-refractivity contribution < 1.29 is 0 Å². The maximum atomic E-state index is 6.28. The average molecular weight is 363 g/mol. The smallest absolute Gasteiger partial charge is 0.227 e. The Morgan fingerprint density at radius 1 is 1.40 bits per heavy atom. The second kappa shape index (κ2) is 7.02. The number of nitrogens with zero attached hydrogens (tertiary/aromatic N) is 4. The van der Waals surface area contributed by atoms with Crippen LogP contribution in [-0.2, 0) is 0 Å². The maximum absolute atomic E-state index is 6.28. The molecular weight excluding hydrogens is 342 g/mol. The molecule has 20 heavy (non-hydrogen) atoms. The summed E-state index contributed by atoms with van der Waals surface area (Å²) in [7, 11) is 2.12. The van der Waals surface area contributed by atoms with Gasteiger partial charge >= 0.3 is 0 Å². The molecule has 1 saturated heterocycles. The van der Waals surface area contributed by atoms with E-state index in [0.717, 1.165) is 42.9 Å². The van der Waals surface area contributed by atoms with Crippen molar-refractivity contribution in [2.24, 2.45) is 0 Å². The lowest BCUT2D eigenvalue weighted by atomic mass is 10.1. The Morgan fingerprint density at radius 3 is 2.70 bits per heavy atom. The van der Waals surface area contributed by atoms with E-state index in [-0.39, 0.29) is 6.04 Å². The van der Waals surface area contributed by atoms with E-state index < -0.39 is 0 Å². The Labute approximate surface area is 133 Å². The molecule has 1 atom stereocenters. The first kappa shape index (κ1) is 15.9. The van der Waals surface area contributed by atoms with Gasteiger partial charge < -0.3 is 10.2 Å². The highest BCUT2D eigenvalue weighted by Crippen LogP contribution is 2.32. The van der Waals surface area contributed by atoms with E-state index in [4.69, 9.17) is 16.6 Å². The number of hydrogen-bond acceptors (Lipinski definition) is 5. The summed E-state index contributed by atoms with van der Waals surface area (Å²) < 4.78 is 0.802. The summed E-state index contributed by atoms with van der Waals surface area (Å²) in [6.07, 6.45) is 0. The van der Waals surface area contributed by atoms with Gasteiger partial charge in [-0.05, 0) is 36.8 Å². The number of nitrogens with one attached hydrogen (secondary N) is 1. The molecule has 1 unspecified atom stereocenters. The van der Waals surface area contributed by atoms with Crippen molar-refractivity contribution in [1.82, 2.24) is 20.2 Å². The van der Waals surface area contributed by atoms with Crippen molar-refractivity contribution in [3.05, 3.63) is 15.3 Å². The largest absolute Gasteiger partial charge is 0.341 e. The van der Waals surface area contributed by atoms with Gasteiger partial charge in [-0.2, -0.15) is 4.98 Å². The summed E-state index contributed by atoms with van der Waals surface area (Å²) in [6.45, 7) is 8.80. The van der Waals surface area contributed by atoms with Crippen molar-refractivity contribution >= 4 is 33.5 Å². The first-order valence-electron chi connectivity index (χ1n) is 6.97. The quantitative estimate of drug-likeness (QED) is 0.833. The molecule has 5 nitrogen and oxygen atoms in total. The van der Waals surface area contributed by atoms with Crippen LogP contribution in [0.15, 0.2) is 4.47 Å². The third-order valence-corrected chi connectivity index (χ3v) is 4.98. The number of hydrogen-bond donors (Lipinski definition) is 1. The van der Waals surface area contributed by atoms with E-state index in [9.17, 15) is 0 Å². The molecule has 0 aromatic carbocycles. The number of piperazine rings is 1. The number of aromatic nitrogens is 2. The predicted octanol–water partition coefficient (Wildman–Crippen LogP) is 2.31. The third kappa shape index (κ3) is 3.24. The van der Waals surface area contributed by atoms with E-state index in [2.05, 4.69) is 56.9 Å². The van der Waals surface area contributed by atoms with E-state index in [1.807, 2.05) is 0 Å². The molecule has 0 bridgehead atoms. The van der Waals surface area contributed by atoms with Crippen LogP contribution in [0, 0.1) is 0 Å². The van der Waals surface area contributed by atoms with E-state index in [0.29, 0.717) is 11.1 Å². The summed E-state index contributed by atoms with van der Waals surface area (Å²) >= 11 is 9.82. The Hall–Kier alpha value is -0.430. The number of halogens is 2. The molecule has 0 aliphatic carbocycles. The second-order valence-corrected chi connectivity index (χ2v) is 6.04. The Balaban J connectivity index is 2.40.